The first kappa shape index (κ1) is 17.9. The lowest BCUT2D eigenvalue weighted by atomic mass is 10.3. The van der Waals surface area contributed by atoms with E-state index in [2.05, 4.69) is 24.0 Å². The Bertz CT molecular complexity index is 705. The zero-order chi connectivity index (χ0) is 17.6. The Morgan fingerprint density at radius 2 is 1.84 bits per heavy atom. The highest BCUT2D eigenvalue weighted by Gasteiger charge is 2.14. The highest BCUT2D eigenvalue weighted by Crippen LogP contribution is 2.32. The maximum absolute atomic E-state index is 6.10. The number of ether oxygens (including phenoxy) is 2. The Hall–Kier alpha value is -1.89. The molecule has 0 saturated carbocycles. The predicted octanol–water partition coefficient (Wildman–Crippen LogP) is 3.10. The average Bonchev–Trinajstić information content (AvgIpc) is 2.59. The Morgan fingerprint density at radius 1 is 1.08 bits per heavy atom. The summed E-state index contributed by atoms with van der Waals surface area (Å²) in [5, 5.41) is 0. The smallest absolute Gasteiger partial charge is 0.120 e. The number of nitrogens with two attached hydrogens (primary N) is 2. The predicted molar refractivity (Wildman–Crippen MR) is 103 cm³/mol. The van der Waals surface area contributed by atoms with Crippen molar-refractivity contribution in [2.45, 2.75) is 22.8 Å². The summed E-state index contributed by atoms with van der Waals surface area (Å²) in [5.74, 6) is 0.883. The molecule has 1 unspecified atom stereocenters. The van der Waals surface area contributed by atoms with Crippen molar-refractivity contribution in [1.82, 2.24) is 4.90 Å². The molecule has 0 aliphatic carbocycles. The molecule has 134 valence electrons. The lowest BCUT2D eigenvalue weighted by molar-refractivity contribution is 0.0218. The Kier molecular flexibility index (Phi) is 6.07. The zero-order valence-electron chi connectivity index (χ0n) is 14.5. The summed E-state index contributed by atoms with van der Waals surface area (Å²) in [6.07, 6.45) is 0.130. The molecule has 1 atom stereocenters. The molecule has 0 spiro atoms. The van der Waals surface area contributed by atoms with E-state index in [-0.39, 0.29) is 6.10 Å². The molecule has 1 saturated heterocycles. The SMILES string of the molecule is CC(CN1CCOCC1)Oc1cccc(Sc2ccc(N)c(N)c2)c1. The first-order chi connectivity index (χ1) is 12.1. The molecule has 0 bridgehead atoms. The van der Waals surface area contributed by atoms with Crippen LogP contribution in [0, 0.1) is 0 Å². The molecule has 2 aromatic carbocycles. The molecule has 4 N–H and O–H groups in total. The lowest BCUT2D eigenvalue weighted by Crippen LogP contribution is -2.41. The van der Waals surface area contributed by atoms with Gasteiger partial charge in [0.15, 0.2) is 0 Å². The topological polar surface area (TPSA) is 73.7 Å². The van der Waals surface area contributed by atoms with Gasteiger partial charge >= 0.3 is 0 Å². The van der Waals surface area contributed by atoms with Gasteiger partial charge in [-0.15, -0.1) is 0 Å². The van der Waals surface area contributed by atoms with Crippen molar-refractivity contribution in [2.75, 3.05) is 44.3 Å². The first-order valence-corrected chi connectivity index (χ1v) is 9.31. The molecule has 1 aliphatic heterocycles. The number of benzene rings is 2. The maximum atomic E-state index is 6.10. The molecule has 1 fully saturated rings. The number of nitrogens with zero attached hydrogens (tertiary/aromatic N) is 1. The highest BCUT2D eigenvalue weighted by molar-refractivity contribution is 7.99. The Labute approximate surface area is 153 Å². The first-order valence-electron chi connectivity index (χ1n) is 8.50. The summed E-state index contributed by atoms with van der Waals surface area (Å²) in [5.41, 5.74) is 12.9. The highest BCUT2D eigenvalue weighted by atomic mass is 32.2. The van der Waals surface area contributed by atoms with Crippen LogP contribution in [0.25, 0.3) is 0 Å². The van der Waals surface area contributed by atoms with E-state index in [0.717, 1.165) is 48.4 Å². The van der Waals surface area contributed by atoms with Crippen LogP contribution in [0.2, 0.25) is 0 Å². The van der Waals surface area contributed by atoms with Crippen molar-refractivity contribution in [3.05, 3.63) is 42.5 Å². The van der Waals surface area contributed by atoms with Gasteiger partial charge in [0.1, 0.15) is 11.9 Å². The van der Waals surface area contributed by atoms with Crippen molar-refractivity contribution in [3.8, 4) is 5.75 Å². The molecular weight excluding hydrogens is 334 g/mol. The van der Waals surface area contributed by atoms with Crippen LogP contribution >= 0.6 is 11.8 Å². The van der Waals surface area contributed by atoms with Gasteiger partial charge in [-0.25, -0.2) is 0 Å². The van der Waals surface area contributed by atoms with Gasteiger partial charge in [-0.1, -0.05) is 17.8 Å². The number of rotatable bonds is 6. The van der Waals surface area contributed by atoms with E-state index < -0.39 is 0 Å². The molecule has 1 aliphatic rings. The van der Waals surface area contributed by atoms with Crippen LogP contribution in [0.3, 0.4) is 0 Å². The van der Waals surface area contributed by atoms with Crippen molar-refractivity contribution in [2.24, 2.45) is 0 Å². The Balaban J connectivity index is 1.59. The molecule has 2 aromatic rings. The van der Waals surface area contributed by atoms with Gasteiger partial charge < -0.3 is 20.9 Å². The van der Waals surface area contributed by atoms with Crippen molar-refractivity contribution < 1.29 is 9.47 Å². The fraction of sp³-hybridized carbons (Fsp3) is 0.368. The van der Waals surface area contributed by atoms with Crippen LogP contribution in [-0.2, 0) is 4.74 Å². The van der Waals surface area contributed by atoms with Crippen LogP contribution < -0.4 is 16.2 Å². The van der Waals surface area contributed by atoms with E-state index in [9.17, 15) is 0 Å². The number of morpholine rings is 1. The summed E-state index contributed by atoms with van der Waals surface area (Å²) in [7, 11) is 0. The second-order valence-corrected chi connectivity index (χ2v) is 7.36. The molecule has 5 nitrogen and oxygen atoms in total. The van der Waals surface area contributed by atoms with Crippen LogP contribution in [-0.4, -0.2) is 43.9 Å². The van der Waals surface area contributed by atoms with Gasteiger partial charge in [0, 0.05) is 29.4 Å². The summed E-state index contributed by atoms with van der Waals surface area (Å²) >= 11 is 1.64. The van der Waals surface area contributed by atoms with E-state index in [1.807, 2.05) is 30.3 Å². The number of anilines is 2. The third-order valence-corrected chi connectivity index (χ3v) is 5.04. The number of nitrogen functional groups attached to an aromatic ring is 2. The quantitative estimate of drug-likeness (QED) is 0.772. The minimum absolute atomic E-state index is 0.130. The molecule has 1 heterocycles. The van der Waals surface area contributed by atoms with E-state index in [1.165, 1.54) is 0 Å². The minimum atomic E-state index is 0.130. The molecule has 25 heavy (non-hydrogen) atoms. The van der Waals surface area contributed by atoms with Crippen LogP contribution in [0.4, 0.5) is 11.4 Å². The zero-order valence-corrected chi connectivity index (χ0v) is 15.3. The molecule has 3 rings (SSSR count). The maximum Gasteiger partial charge on any atom is 0.120 e. The fourth-order valence-corrected chi connectivity index (χ4v) is 3.70. The molecule has 0 aromatic heterocycles. The van der Waals surface area contributed by atoms with Gasteiger partial charge in [-0.2, -0.15) is 0 Å². The van der Waals surface area contributed by atoms with Crippen molar-refractivity contribution in [3.63, 3.8) is 0 Å². The molecule has 6 heteroatoms. The fourth-order valence-electron chi connectivity index (χ4n) is 2.78. The van der Waals surface area contributed by atoms with E-state index in [4.69, 9.17) is 20.9 Å². The second kappa shape index (κ2) is 8.47. The third-order valence-electron chi connectivity index (χ3n) is 4.06. The van der Waals surface area contributed by atoms with Crippen LogP contribution in [0.15, 0.2) is 52.3 Å². The molecule has 0 amide bonds. The van der Waals surface area contributed by atoms with E-state index >= 15 is 0 Å². The molecule has 0 radical (unpaired) electrons. The summed E-state index contributed by atoms with van der Waals surface area (Å²) in [6, 6.07) is 13.8. The average molecular weight is 359 g/mol. The van der Waals surface area contributed by atoms with Crippen LogP contribution in [0.1, 0.15) is 6.92 Å². The summed E-state index contributed by atoms with van der Waals surface area (Å²) in [4.78, 5) is 4.55. The standard InChI is InChI=1S/C19H25N3O2S/c1-14(13-22-7-9-23-10-8-22)24-15-3-2-4-16(11-15)25-17-5-6-18(20)19(21)12-17/h2-6,11-12,14H,7-10,13,20-21H2,1H3. The summed E-state index contributed by atoms with van der Waals surface area (Å²) in [6.45, 7) is 6.59. The normalized spacial score (nSPS) is 16.5. The van der Waals surface area contributed by atoms with Crippen molar-refractivity contribution >= 4 is 23.1 Å². The van der Waals surface area contributed by atoms with E-state index in [1.54, 1.807) is 11.8 Å². The monoisotopic (exact) mass is 359 g/mol. The lowest BCUT2D eigenvalue weighted by Gasteiger charge is -2.29. The largest absolute Gasteiger partial charge is 0.489 e. The second-order valence-electron chi connectivity index (χ2n) is 6.21. The van der Waals surface area contributed by atoms with Crippen molar-refractivity contribution in [1.29, 1.82) is 0 Å². The minimum Gasteiger partial charge on any atom is -0.489 e. The van der Waals surface area contributed by atoms with Gasteiger partial charge in [-0.3, -0.25) is 4.90 Å². The summed E-state index contributed by atoms with van der Waals surface area (Å²) < 4.78 is 11.5. The Morgan fingerprint density at radius 3 is 2.60 bits per heavy atom. The van der Waals surface area contributed by atoms with Gasteiger partial charge in [-0.05, 0) is 43.3 Å². The van der Waals surface area contributed by atoms with Gasteiger partial charge in [0.2, 0.25) is 0 Å². The third kappa shape index (κ3) is 5.29. The van der Waals surface area contributed by atoms with Gasteiger partial charge in [0.25, 0.3) is 0 Å². The number of hydrogen-bond acceptors (Lipinski definition) is 6. The van der Waals surface area contributed by atoms with Gasteiger partial charge in [0.05, 0.1) is 24.6 Å². The number of hydrogen-bond donors (Lipinski definition) is 2. The van der Waals surface area contributed by atoms with E-state index in [0.29, 0.717) is 11.4 Å². The van der Waals surface area contributed by atoms with Crippen LogP contribution in [0.5, 0.6) is 5.75 Å². The molecular formula is C19H25N3O2S.